The second kappa shape index (κ2) is 6.44. The predicted molar refractivity (Wildman–Crippen MR) is 97.4 cm³/mol. The van der Waals surface area contributed by atoms with Gasteiger partial charge in [-0.1, -0.05) is 5.92 Å². The molecule has 1 fully saturated rings. The molecule has 1 amide bonds. The third-order valence-corrected chi connectivity index (χ3v) is 4.03. The summed E-state index contributed by atoms with van der Waals surface area (Å²) in [7, 11) is 1.75. The number of fused-ring (bicyclic) bond motifs is 1. The lowest BCUT2D eigenvalue weighted by Crippen LogP contribution is -2.14. The van der Waals surface area contributed by atoms with Crippen LogP contribution in [0.5, 0.6) is 0 Å². The molecule has 4 rings (SSSR count). The molecule has 8 heteroatoms. The van der Waals surface area contributed by atoms with Crippen molar-refractivity contribution in [1.82, 2.24) is 25.0 Å². The summed E-state index contributed by atoms with van der Waals surface area (Å²) in [6.45, 7) is -2.46. The predicted octanol–water partition coefficient (Wildman–Crippen LogP) is 1.55. The van der Waals surface area contributed by atoms with E-state index >= 15 is 0 Å². The van der Waals surface area contributed by atoms with E-state index in [1.807, 2.05) is 0 Å². The van der Waals surface area contributed by atoms with Gasteiger partial charge in [-0.15, -0.1) is 5.10 Å². The van der Waals surface area contributed by atoms with Crippen molar-refractivity contribution in [2.24, 2.45) is 12.9 Å². The average molecular weight is 350 g/mol. The van der Waals surface area contributed by atoms with Gasteiger partial charge in [-0.3, -0.25) is 4.79 Å². The van der Waals surface area contributed by atoms with E-state index in [4.69, 9.17) is 4.11 Å². The summed E-state index contributed by atoms with van der Waals surface area (Å²) in [6, 6.07) is 1.75. The number of carbonyl (C=O) groups excluding carboxylic acids is 1. The number of nitrogens with one attached hydrogen (secondary N) is 2. The molecule has 8 nitrogen and oxygen atoms in total. The molecule has 0 atom stereocenters. The van der Waals surface area contributed by atoms with E-state index in [0.29, 0.717) is 22.0 Å². The van der Waals surface area contributed by atoms with Gasteiger partial charge in [0.25, 0.3) is 0 Å². The molecule has 26 heavy (non-hydrogen) atoms. The molecule has 3 aromatic rings. The lowest BCUT2D eigenvalue weighted by atomic mass is 10.1. The van der Waals surface area contributed by atoms with Gasteiger partial charge >= 0.3 is 0 Å². The van der Waals surface area contributed by atoms with E-state index < -0.39 is 6.98 Å². The molecule has 1 saturated carbocycles. The first-order chi connectivity index (χ1) is 13.8. The van der Waals surface area contributed by atoms with Gasteiger partial charge in [0.15, 0.2) is 5.69 Å². The van der Waals surface area contributed by atoms with Crippen molar-refractivity contribution < 1.29 is 8.91 Å². The number of aromatic nitrogens is 5. The second-order valence-corrected chi connectivity index (χ2v) is 5.92. The summed E-state index contributed by atoms with van der Waals surface area (Å²) in [6.07, 6.45) is 6.33. The number of rotatable bonds is 3. The van der Waals surface area contributed by atoms with Crippen molar-refractivity contribution in [3.63, 3.8) is 0 Å². The molecule has 0 radical (unpaired) electrons. The maximum absolute atomic E-state index is 12.0. The van der Waals surface area contributed by atoms with E-state index in [0.717, 1.165) is 23.6 Å². The van der Waals surface area contributed by atoms with Gasteiger partial charge in [-0.05, 0) is 24.8 Å². The van der Waals surface area contributed by atoms with Gasteiger partial charge in [0.05, 0.1) is 11.8 Å². The van der Waals surface area contributed by atoms with Crippen molar-refractivity contribution in [3.05, 3.63) is 35.9 Å². The average Bonchev–Trinajstić information content (AvgIpc) is 3.43. The Morgan fingerprint density at radius 2 is 2.15 bits per heavy atom. The summed E-state index contributed by atoms with van der Waals surface area (Å²) >= 11 is 0. The Balaban J connectivity index is 1.71. The van der Waals surface area contributed by atoms with Crippen LogP contribution >= 0.6 is 0 Å². The van der Waals surface area contributed by atoms with Crippen LogP contribution < -0.4 is 10.6 Å². The van der Waals surface area contributed by atoms with Gasteiger partial charge in [0.1, 0.15) is 11.6 Å². The van der Waals surface area contributed by atoms with Gasteiger partial charge in [0.2, 0.25) is 5.91 Å². The summed E-state index contributed by atoms with van der Waals surface area (Å²) in [5.41, 5.74) is 0.815. The molecule has 3 aromatic heterocycles. The Morgan fingerprint density at radius 3 is 2.88 bits per heavy atom. The van der Waals surface area contributed by atoms with Crippen molar-refractivity contribution in [2.75, 3.05) is 17.7 Å². The van der Waals surface area contributed by atoms with Crippen LogP contribution in [-0.2, 0) is 11.8 Å². The topological polar surface area (TPSA) is 97.6 Å². The van der Waals surface area contributed by atoms with E-state index in [1.165, 1.54) is 6.20 Å². The molecule has 3 heterocycles. The van der Waals surface area contributed by atoms with Crippen LogP contribution in [-0.4, -0.2) is 37.9 Å². The zero-order valence-corrected chi connectivity index (χ0v) is 13.9. The minimum absolute atomic E-state index is 0.0336. The van der Waals surface area contributed by atoms with Crippen LogP contribution in [0, 0.1) is 17.8 Å². The van der Waals surface area contributed by atoms with Crippen LogP contribution in [0.3, 0.4) is 0 Å². The van der Waals surface area contributed by atoms with Crippen LogP contribution in [0.2, 0.25) is 0 Å². The molecule has 0 spiro atoms. The van der Waals surface area contributed by atoms with E-state index in [1.54, 1.807) is 25.5 Å². The van der Waals surface area contributed by atoms with Crippen molar-refractivity contribution in [2.45, 2.75) is 12.8 Å². The second-order valence-electron chi connectivity index (χ2n) is 5.92. The van der Waals surface area contributed by atoms with Crippen LogP contribution in [0.25, 0.3) is 10.8 Å². The first-order valence-electron chi connectivity index (χ1n) is 9.57. The summed E-state index contributed by atoms with van der Waals surface area (Å²) in [4.78, 5) is 21.3. The molecule has 0 saturated heterocycles. The highest BCUT2D eigenvalue weighted by Gasteiger charge is 2.29. The SMILES string of the molecule is [2H]C([2H])([2H])n1ncc(C#Cc2cnc(NC)c3cnc(NC(=O)C4CC4)cc23)n1. The zero-order valence-electron chi connectivity index (χ0n) is 16.9. The van der Waals surface area contributed by atoms with Gasteiger partial charge in [-0.25, -0.2) is 9.97 Å². The zero-order chi connectivity index (χ0) is 20.6. The highest BCUT2D eigenvalue weighted by atomic mass is 16.2. The third kappa shape index (κ3) is 3.19. The molecule has 0 aliphatic heterocycles. The van der Waals surface area contributed by atoms with Gasteiger partial charge < -0.3 is 10.6 Å². The molecule has 0 unspecified atom stereocenters. The normalized spacial score (nSPS) is 15.3. The molecular formula is C18H17N7O. The number of aryl methyl sites for hydroxylation is 1. The van der Waals surface area contributed by atoms with Gasteiger partial charge in [-0.2, -0.15) is 9.90 Å². The number of hydrogen-bond acceptors (Lipinski definition) is 6. The highest BCUT2D eigenvalue weighted by molar-refractivity contribution is 5.99. The molecule has 1 aliphatic rings. The first kappa shape index (κ1) is 12.8. The maximum atomic E-state index is 12.0. The van der Waals surface area contributed by atoms with Gasteiger partial charge in [0, 0.05) is 47.2 Å². The number of hydrogen-bond donors (Lipinski definition) is 2. The molecule has 0 bridgehead atoms. The fraction of sp³-hybridized carbons (Fsp3) is 0.278. The van der Waals surface area contributed by atoms with Crippen molar-refractivity contribution in [1.29, 1.82) is 0 Å². The summed E-state index contributed by atoms with van der Waals surface area (Å²) < 4.78 is 21.9. The minimum atomic E-state index is -2.46. The summed E-state index contributed by atoms with van der Waals surface area (Å²) in [5.74, 6) is 6.87. The highest BCUT2D eigenvalue weighted by Crippen LogP contribution is 2.31. The Morgan fingerprint density at radius 1 is 1.27 bits per heavy atom. The fourth-order valence-electron chi connectivity index (χ4n) is 2.53. The molecule has 1 aliphatic carbocycles. The summed E-state index contributed by atoms with van der Waals surface area (Å²) in [5, 5.41) is 14.9. The maximum Gasteiger partial charge on any atom is 0.228 e. The first-order valence-corrected chi connectivity index (χ1v) is 8.07. The molecule has 130 valence electrons. The smallest absolute Gasteiger partial charge is 0.228 e. The molecular weight excluding hydrogens is 330 g/mol. The Kier molecular flexibility index (Phi) is 3.18. The number of pyridine rings is 2. The standard InChI is InChI=1S/C18H17N7O/c1-19-17-15-10-20-16(23-18(26)11-3-4-11)7-14(15)12(8-21-17)5-6-13-9-22-25(2)24-13/h7-11H,3-4H2,1-2H3,(H,19,21)(H,20,23,26)/i2D3. The minimum Gasteiger partial charge on any atom is -0.373 e. The lowest BCUT2D eigenvalue weighted by molar-refractivity contribution is -0.117. The largest absolute Gasteiger partial charge is 0.373 e. The van der Waals surface area contributed by atoms with Crippen molar-refractivity contribution >= 4 is 28.3 Å². The Labute approximate surface area is 154 Å². The van der Waals surface area contributed by atoms with Crippen LogP contribution in [0.15, 0.2) is 24.7 Å². The third-order valence-electron chi connectivity index (χ3n) is 4.03. The lowest BCUT2D eigenvalue weighted by Gasteiger charge is -2.09. The fourth-order valence-corrected chi connectivity index (χ4v) is 2.53. The quantitative estimate of drug-likeness (QED) is 0.696. The number of carbonyl (C=O) groups is 1. The molecule has 0 aromatic carbocycles. The Hall–Kier alpha value is -3.47. The number of nitrogens with zero attached hydrogens (tertiary/aromatic N) is 5. The van der Waals surface area contributed by atoms with Crippen LogP contribution in [0.4, 0.5) is 11.6 Å². The Bertz CT molecular complexity index is 1160. The van der Waals surface area contributed by atoms with Crippen molar-refractivity contribution in [3.8, 4) is 11.8 Å². The van der Waals surface area contributed by atoms with Crippen LogP contribution in [0.1, 0.15) is 28.2 Å². The van der Waals surface area contributed by atoms with E-state index in [9.17, 15) is 4.79 Å². The van der Waals surface area contributed by atoms with E-state index in [2.05, 4.69) is 42.6 Å². The molecule has 2 N–H and O–H groups in total. The van der Waals surface area contributed by atoms with E-state index in [-0.39, 0.29) is 17.5 Å². The number of anilines is 2. The number of amides is 1. The monoisotopic (exact) mass is 350 g/mol.